The van der Waals surface area contributed by atoms with E-state index in [1.807, 2.05) is 12.2 Å². The molecule has 4 heteroatoms. The van der Waals surface area contributed by atoms with Crippen LogP contribution in [0.15, 0.2) is 12.2 Å². The SMILES string of the molecule is NC(=O)CCC=CCC1(C(N)=O)CCCC1. The fraction of sp³-hybridized carbons (Fsp3) is 0.667. The number of nitrogens with two attached hydrogens (primary N) is 2. The molecule has 1 rings (SSSR count). The average Bonchev–Trinajstić information content (AvgIpc) is 2.66. The lowest BCUT2D eigenvalue weighted by Gasteiger charge is -2.22. The van der Waals surface area contributed by atoms with Crippen LogP contribution in [0.1, 0.15) is 44.9 Å². The van der Waals surface area contributed by atoms with Gasteiger partial charge in [-0.05, 0) is 25.7 Å². The second kappa shape index (κ2) is 5.68. The fourth-order valence-electron chi connectivity index (χ4n) is 2.26. The summed E-state index contributed by atoms with van der Waals surface area (Å²) >= 11 is 0. The molecule has 2 amide bonds. The van der Waals surface area contributed by atoms with Crippen LogP contribution in [-0.2, 0) is 9.59 Å². The van der Waals surface area contributed by atoms with E-state index in [1.165, 1.54) is 0 Å². The molecule has 0 unspecified atom stereocenters. The predicted molar refractivity (Wildman–Crippen MR) is 62.3 cm³/mol. The minimum Gasteiger partial charge on any atom is -0.370 e. The zero-order chi connectivity index (χ0) is 12.0. The van der Waals surface area contributed by atoms with E-state index in [9.17, 15) is 9.59 Å². The van der Waals surface area contributed by atoms with Gasteiger partial charge in [0.05, 0.1) is 5.41 Å². The standard InChI is InChI=1S/C12H20N2O2/c13-10(15)6-2-1-3-7-12(11(14)16)8-4-5-9-12/h1,3H,2,4-9H2,(H2,13,15)(H2,14,16). The normalized spacial score (nSPS) is 19.0. The first kappa shape index (κ1) is 12.7. The Morgan fingerprint density at radius 2 is 1.75 bits per heavy atom. The summed E-state index contributed by atoms with van der Waals surface area (Å²) in [4.78, 5) is 21.9. The molecule has 4 nitrogen and oxygen atoms in total. The summed E-state index contributed by atoms with van der Waals surface area (Å²) in [6.07, 6.45) is 9.51. The Labute approximate surface area is 96.1 Å². The molecule has 0 spiro atoms. The molecule has 0 aromatic carbocycles. The van der Waals surface area contributed by atoms with Crippen molar-refractivity contribution in [1.82, 2.24) is 0 Å². The molecule has 0 atom stereocenters. The van der Waals surface area contributed by atoms with Gasteiger partial charge in [0.25, 0.3) is 0 Å². The van der Waals surface area contributed by atoms with Gasteiger partial charge in [-0.3, -0.25) is 9.59 Å². The third-order valence-electron chi connectivity index (χ3n) is 3.32. The lowest BCUT2D eigenvalue weighted by molar-refractivity contribution is -0.127. The molecule has 0 heterocycles. The van der Waals surface area contributed by atoms with Crippen molar-refractivity contribution in [2.24, 2.45) is 16.9 Å². The summed E-state index contributed by atoms with van der Waals surface area (Å²) in [6.45, 7) is 0. The second-order valence-corrected chi connectivity index (χ2v) is 4.53. The molecule has 1 aliphatic carbocycles. The molecule has 0 bridgehead atoms. The molecule has 0 aliphatic heterocycles. The molecular weight excluding hydrogens is 204 g/mol. The number of primary amides is 2. The molecule has 0 radical (unpaired) electrons. The maximum atomic E-state index is 11.4. The van der Waals surface area contributed by atoms with E-state index in [4.69, 9.17) is 11.5 Å². The number of carbonyl (C=O) groups is 2. The molecule has 4 N–H and O–H groups in total. The Morgan fingerprint density at radius 3 is 2.25 bits per heavy atom. The summed E-state index contributed by atoms with van der Waals surface area (Å²) in [5.74, 6) is -0.486. The smallest absolute Gasteiger partial charge is 0.223 e. The van der Waals surface area contributed by atoms with Gasteiger partial charge in [0, 0.05) is 6.42 Å². The fourth-order valence-corrected chi connectivity index (χ4v) is 2.26. The van der Waals surface area contributed by atoms with Gasteiger partial charge in [-0.25, -0.2) is 0 Å². The lowest BCUT2D eigenvalue weighted by atomic mass is 9.82. The molecular formula is C12H20N2O2. The van der Waals surface area contributed by atoms with Crippen LogP contribution < -0.4 is 11.5 Å². The zero-order valence-electron chi connectivity index (χ0n) is 9.58. The van der Waals surface area contributed by atoms with Gasteiger partial charge in [0.1, 0.15) is 0 Å². The van der Waals surface area contributed by atoms with Crippen molar-refractivity contribution in [1.29, 1.82) is 0 Å². The van der Waals surface area contributed by atoms with Gasteiger partial charge in [0.2, 0.25) is 11.8 Å². The molecule has 90 valence electrons. The summed E-state index contributed by atoms with van der Waals surface area (Å²) in [7, 11) is 0. The largest absolute Gasteiger partial charge is 0.370 e. The van der Waals surface area contributed by atoms with Crippen LogP contribution in [0.3, 0.4) is 0 Å². The van der Waals surface area contributed by atoms with Crippen molar-refractivity contribution < 1.29 is 9.59 Å². The molecule has 0 saturated heterocycles. The van der Waals surface area contributed by atoms with Gasteiger partial charge >= 0.3 is 0 Å². The average molecular weight is 224 g/mol. The highest BCUT2D eigenvalue weighted by atomic mass is 16.1. The van der Waals surface area contributed by atoms with Crippen molar-refractivity contribution in [3.8, 4) is 0 Å². The van der Waals surface area contributed by atoms with Crippen molar-refractivity contribution in [2.45, 2.75) is 44.9 Å². The van der Waals surface area contributed by atoms with Gasteiger partial charge in [0.15, 0.2) is 0 Å². The van der Waals surface area contributed by atoms with Crippen LogP contribution in [0.2, 0.25) is 0 Å². The molecule has 0 aromatic heterocycles. The predicted octanol–water partition coefficient (Wildman–Crippen LogP) is 1.24. The van der Waals surface area contributed by atoms with Crippen LogP contribution in [0, 0.1) is 5.41 Å². The Hall–Kier alpha value is -1.32. The van der Waals surface area contributed by atoms with Crippen molar-refractivity contribution in [3.05, 3.63) is 12.2 Å². The highest BCUT2D eigenvalue weighted by molar-refractivity contribution is 5.81. The monoisotopic (exact) mass is 224 g/mol. The van der Waals surface area contributed by atoms with E-state index in [0.29, 0.717) is 19.3 Å². The van der Waals surface area contributed by atoms with Gasteiger partial charge < -0.3 is 11.5 Å². The van der Waals surface area contributed by atoms with E-state index in [0.717, 1.165) is 25.7 Å². The van der Waals surface area contributed by atoms with Crippen LogP contribution in [0.25, 0.3) is 0 Å². The van der Waals surface area contributed by atoms with E-state index >= 15 is 0 Å². The minimum absolute atomic E-state index is 0.190. The Kier molecular flexibility index (Phi) is 4.52. The number of amides is 2. The number of allylic oxidation sites excluding steroid dienone is 2. The zero-order valence-corrected chi connectivity index (χ0v) is 9.58. The Bertz CT molecular complexity index is 291. The highest BCUT2D eigenvalue weighted by Crippen LogP contribution is 2.41. The van der Waals surface area contributed by atoms with E-state index in [1.54, 1.807) is 0 Å². The van der Waals surface area contributed by atoms with E-state index < -0.39 is 0 Å². The van der Waals surface area contributed by atoms with E-state index in [-0.39, 0.29) is 17.2 Å². The number of carbonyl (C=O) groups excluding carboxylic acids is 2. The van der Waals surface area contributed by atoms with Crippen LogP contribution in [-0.4, -0.2) is 11.8 Å². The topological polar surface area (TPSA) is 86.2 Å². The van der Waals surface area contributed by atoms with Crippen LogP contribution in [0.5, 0.6) is 0 Å². The van der Waals surface area contributed by atoms with Crippen molar-refractivity contribution >= 4 is 11.8 Å². The van der Waals surface area contributed by atoms with E-state index in [2.05, 4.69) is 0 Å². The maximum absolute atomic E-state index is 11.4. The number of rotatable bonds is 6. The quantitative estimate of drug-likeness (QED) is 0.665. The van der Waals surface area contributed by atoms with Crippen molar-refractivity contribution in [2.75, 3.05) is 0 Å². The molecule has 1 saturated carbocycles. The summed E-state index contributed by atoms with van der Waals surface area (Å²) < 4.78 is 0. The van der Waals surface area contributed by atoms with Gasteiger partial charge in [-0.15, -0.1) is 0 Å². The Balaban J connectivity index is 2.39. The molecule has 16 heavy (non-hydrogen) atoms. The second-order valence-electron chi connectivity index (χ2n) is 4.53. The molecule has 1 fully saturated rings. The third kappa shape index (κ3) is 3.36. The molecule has 0 aromatic rings. The van der Waals surface area contributed by atoms with Gasteiger partial charge in [-0.2, -0.15) is 0 Å². The summed E-state index contributed by atoms with van der Waals surface area (Å²) in [5, 5.41) is 0. The highest BCUT2D eigenvalue weighted by Gasteiger charge is 2.38. The first-order chi connectivity index (χ1) is 7.57. The minimum atomic E-state index is -0.330. The first-order valence-electron chi connectivity index (χ1n) is 5.80. The first-order valence-corrected chi connectivity index (χ1v) is 5.80. The Morgan fingerprint density at radius 1 is 1.12 bits per heavy atom. The lowest BCUT2D eigenvalue weighted by Crippen LogP contribution is -2.34. The summed E-state index contributed by atoms with van der Waals surface area (Å²) in [5.41, 5.74) is 10.1. The van der Waals surface area contributed by atoms with Crippen molar-refractivity contribution in [3.63, 3.8) is 0 Å². The van der Waals surface area contributed by atoms with Crippen LogP contribution in [0.4, 0.5) is 0 Å². The van der Waals surface area contributed by atoms with Crippen LogP contribution >= 0.6 is 0 Å². The molecule has 1 aliphatic rings. The van der Waals surface area contributed by atoms with Gasteiger partial charge in [-0.1, -0.05) is 25.0 Å². The third-order valence-corrected chi connectivity index (χ3v) is 3.32. The number of hydrogen-bond donors (Lipinski definition) is 2. The maximum Gasteiger partial charge on any atom is 0.223 e. The number of hydrogen-bond acceptors (Lipinski definition) is 2. The summed E-state index contributed by atoms with van der Waals surface area (Å²) in [6, 6.07) is 0.